The first-order chi connectivity index (χ1) is 8.90. The lowest BCUT2D eigenvalue weighted by Crippen LogP contribution is -2.48. The van der Waals surface area contributed by atoms with Gasteiger partial charge in [0.25, 0.3) is 5.91 Å². The molecule has 0 bridgehead atoms. The van der Waals surface area contributed by atoms with Crippen molar-refractivity contribution in [3.8, 4) is 0 Å². The number of pyridine rings is 1. The molecular weight excluding hydrogens is 304 g/mol. The van der Waals surface area contributed by atoms with Crippen LogP contribution in [0.15, 0.2) is 36.5 Å². The predicted octanol–water partition coefficient (Wildman–Crippen LogP) is 3.53. The molecule has 0 aliphatic carbocycles. The Labute approximate surface area is 121 Å². The van der Waals surface area contributed by atoms with Crippen molar-refractivity contribution in [1.29, 1.82) is 0 Å². The third-order valence-corrected chi connectivity index (χ3v) is 4.44. The monoisotopic (exact) mass is 320 g/mol. The van der Waals surface area contributed by atoms with E-state index in [0.717, 1.165) is 10.9 Å². The van der Waals surface area contributed by atoms with Gasteiger partial charge in [-0.1, -0.05) is 28.9 Å². The summed E-state index contributed by atoms with van der Waals surface area (Å²) >= 11 is 3.51. The molecule has 0 saturated carbocycles. The van der Waals surface area contributed by atoms with Crippen molar-refractivity contribution in [2.45, 2.75) is 31.1 Å². The summed E-state index contributed by atoms with van der Waals surface area (Å²) in [6, 6.07) is 9.37. The summed E-state index contributed by atoms with van der Waals surface area (Å²) in [5, 5.41) is 4.00. The molecule has 1 unspecified atom stereocenters. The average molecular weight is 321 g/mol. The normalized spacial score (nSPS) is 13.3. The van der Waals surface area contributed by atoms with Crippen LogP contribution in [-0.2, 0) is 0 Å². The fraction of sp³-hybridized carbons (Fsp3) is 0.333. The van der Waals surface area contributed by atoms with Crippen LogP contribution < -0.4 is 5.32 Å². The maximum Gasteiger partial charge on any atom is 0.251 e. The van der Waals surface area contributed by atoms with Gasteiger partial charge in [0.1, 0.15) is 0 Å². The zero-order chi connectivity index (χ0) is 14.0. The summed E-state index contributed by atoms with van der Waals surface area (Å²) in [6.07, 6.45) is 1.75. The number of benzene rings is 1. The van der Waals surface area contributed by atoms with E-state index in [-0.39, 0.29) is 16.3 Å². The van der Waals surface area contributed by atoms with Crippen LogP contribution in [-0.4, -0.2) is 21.3 Å². The molecule has 4 heteroatoms. The fourth-order valence-electron chi connectivity index (χ4n) is 1.68. The van der Waals surface area contributed by atoms with E-state index in [1.54, 1.807) is 12.3 Å². The molecule has 0 aliphatic heterocycles. The number of aromatic nitrogens is 1. The van der Waals surface area contributed by atoms with Crippen LogP contribution in [0.4, 0.5) is 0 Å². The Morgan fingerprint density at radius 3 is 2.79 bits per heavy atom. The Kier molecular flexibility index (Phi) is 3.90. The van der Waals surface area contributed by atoms with Crippen molar-refractivity contribution in [1.82, 2.24) is 10.3 Å². The van der Waals surface area contributed by atoms with Crippen molar-refractivity contribution in [2.75, 3.05) is 0 Å². The van der Waals surface area contributed by atoms with Gasteiger partial charge < -0.3 is 5.32 Å². The number of hydrogen-bond acceptors (Lipinski definition) is 2. The number of carbonyl (C=O) groups is 1. The van der Waals surface area contributed by atoms with Crippen molar-refractivity contribution < 1.29 is 4.79 Å². The van der Waals surface area contributed by atoms with Crippen LogP contribution in [0, 0.1) is 0 Å². The minimum absolute atomic E-state index is 0.0675. The van der Waals surface area contributed by atoms with E-state index >= 15 is 0 Å². The summed E-state index contributed by atoms with van der Waals surface area (Å²) in [7, 11) is 0. The van der Waals surface area contributed by atoms with Crippen LogP contribution in [0.5, 0.6) is 0 Å². The SMILES string of the molecule is CC(Br)C(C)(C)NC(=O)c1ccc2ncccc2c1. The largest absolute Gasteiger partial charge is 0.346 e. The molecule has 0 radical (unpaired) electrons. The molecule has 19 heavy (non-hydrogen) atoms. The minimum Gasteiger partial charge on any atom is -0.346 e. The third kappa shape index (κ3) is 3.13. The zero-order valence-electron chi connectivity index (χ0n) is 11.3. The maximum absolute atomic E-state index is 12.3. The second-order valence-electron chi connectivity index (χ2n) is 5.20. The summed E-state index contributed by atoms with van der Waals surface area (Å²) < 4.78 is 0. The highest BCUT2D eigenvalue weighted by Crippen LogP contribution is 2.18. The third-order valence-electron chi connectivity index (χ3n) is 3.30. The molecule has 1 N–H and O–H groups in total. The van der Waals surface area contributed by atoms with Gasteiger partial charge in [0.15, 0.2) is 0 Å². The topological polar surface area (TPSA) is 42.0 Å². The van der Waals surface area contributed by atoms with Crippen molar-refractivity contribution >= 4 is 32.7 Å². The lowest BCUT2D eigenvalue weighted by molar-refractivity contribution is 0.0914. The highest BCUT2D eigenvalue weighted by molar-refractivity contribution is 9.09. The van der Waals surface area contributed by atoms with Crippen molar-refractivity contribution in [3.63, 3.8) is 0 Å². The molecule has 1 atom stereocenters. The molecule has 3 nitrogen and oxygen atoms in total. The van der Waals surface area contributed by atoms with Gasteiger partial charge in [-0.2, -0.15) is 0 Å². The first kappa shape index (κ1) is 14.0. The Balaban J connectivity index is 2.27. The Bertz CT molecular complexity index is 608. The fourth-order valence-corrected chi connectivity index (χ4v) is 1.80. The van der Waals surface area contributed by atoms with Gasteiger partial charge in [0, 0.05) is 27.5 Å². The number of carbonyl (C=O) groups excluding carboxylic acids is 1. The molecule has 1 amide bonds. The van der Waals surface area contributed by atoms with E-state index in [9.17, 15) is 4.79 Å². The van der Waals surface area contributed by atoms with Gasteiger partial charge >= 0.3 is 0 Å². The van der Waals surface area contributed by atoms with E-state index < -0.39 is 0 Å². The van der Waals surface area contributed by atoms with Crippen LogP contribution in [0.1, 0.15) is 31.1 Å². The molecule has 1 aromatic heterocycles. The van der Waals surface area contributed by atoms with Gasteiger partial charge in [-0.3, -0.25) is 9.78 Å². The second-order valence-corrected chi connectivity index (χ2v) is 6.58. The van der Waals surface area contributed by atoms with Crippen molar-refractivity contribution in [2.24, 2.45) is 0 Å². The Morgan fingerprint density at radius 2 is 2.11 bits per heavy atom. The summed E-state index contributed by atoms with van der Waals surface area (Å²) in [5.74, 6) is -0.0675. The molecule has 2 rings (SSSR count). The van der Waals surface area contributed by atoms with E-state index in [4.69, 9.17) is 0 Å². The van der Waals surface area contributed by atoms with E-state index in [1.165, 1.54) is 0 Å². The minimum atomic E-state index is -0.305. The molecule has 0 fully saturated rings. The standard InChI is InChI=1S/C15H17BrN2O/c1-10(16)15(2,3)18-14(19)12-6-7-13-11(9-12)5-4-8-17-13/h4-10H,1-3H3,(H,18,19). The highest BCUT2D eigenvalue weighted by atomic mass is 79.9. The van der Waals surface area contributed by atoms with E-state index in [2.05, 4.69) is 26.2 Å². The number of nitrogens with one attached hydrogen (secondary N) is 1. The Hall–Kier alpha value is -1.42. The average Bonchev–Trinajstić information content (AvgIpc) is 2.37. The van der Waals surface area contributed by atoms with Crippen LogP contribution in [0.2, 0.25) is 0 Å². The number of alkyl halides is 1. The van der Waals surface area contributed by atoms with Gasteiger partial charge in [0.2, 0.25) is 0 Å². The number of halogens is 1. The van der Waals surface area contributed by atoms with E-state index in [0.29, 0.717) is 5.56 Å². The summed E-state index contributed by atoms with van der Waals surface area (Å²) in [6.45, 7) is 6.00. The quantitative estimate of drug-likeness (QED) is 0.879. The molecule has 0 spiro atoms. The molecule has 0 saturated heterocycles. The van der Waals surface area contributed by atoms with Gasteiger partial charge in [-0.25, -0.2) is 0 Å². The molecule has 2 aromatic rings. The van der Waals surface area contributed by atoms with Crippen LogP contribution >= 0.6 is 15.9 Å². The lowest BCUT2D eigenvalue weighted by atomic mass is 10.0. The number of nitrogens with zero attached hydrogens (tertiary/aromatic N) is 1. The number of hydrogen-bond donors (Lipinski definition) is 1. The van der Waals surface area contributed by atoms with Gasteiger partial charge in [0.05, 0.1) is 5.52 Å². The molecule has 1 aromatic carbocycles. The molecule has 1 heterocycles. The lowest BCUT2D eigenvalue weighted by Gasteiger charge is -2.29. The summed E-state index contributed by atoms with van der Waals surface area (Å²) in [5.41, 5.74) is 1.25. The number of rotatable bonds is 3. The maximum atomic E-state index is 12.3. The molecule has 0 aliphatic rings. The molecular formula is C15H17BrN2O. The highest BCUT2D eigenvalue weighted by Gasteiger charge is 2.26. The smallest absolute Gasteiger partial charge is 0.251 e. The van der Waals surface area contributed by atoms with Crippen molar-refractivity contribution in [3.05, 3.63) is 42.1 Å². The first-order valence-corrected chi connectivity index (χ1v) is 7.13. The Morgan fingerprint density at radius 1 is 1.37 bits per heavy atom. The van der Waals surface area contributed by atoms with Gasteiger partial charge in [-0.05, 0) is 38.1 Å². The van der Waals surface area contributed by atoms with Crippen LogP contribution in [0.3, 0.4) is 0 Å². The van der Waals surface area contributed by atoms with E-state index in [1.807, 2.05) is 45.0 Å². The summed E-state index contributed by atoms with van der Waals surface area (Å²) in [4.78, 5) is 16.7. The number of amides is 1. The predicted molar refractivity (Wildman–Crippen MR) is 81.7 cm³/mol. The van der Waals surface area contributed by atoms with Crippen LogP contribution in [0.25, 0.3) is 10.9 Å². The second kappa shape index (κ2) is 5.29. The first-order valence-electron chi connectivity index (χ1n) is 6.21. The number of fused-ring (bicyclic) bond motifs is 1. The van der Waals surface area contributed by atoms with Gasteiger partial charge in [-0.15, -0.1) is 0 Å². The molecule has 100 valence electrons. The zero-order valence-corrected chi connectivity index (χ0v) is 12.9.